The van der Waals surface area contributed by atoms with Crippen LogP contribution in [0.1, 0.15) is 19.5 Å². The molecule has 5 atom stereocenters. The number of aromatic nitrogens is 2. The van der Waals surface area contributed by atoms with Gasteiger partial charge in [0.2, 0.25) is 10.4 Å². The highest BCUT2D eigenvalue weighted by molar-refractivity contribution is 6.33. The van der Waals surface area contributed by atoms with E-state index in [1.165, 1.54) is 0 Å². The smallest absolute Gasteiger partial charge is 0.327 e. The van der Waals surface area contributed by atoms with Crippen molar-refractivity contribution in [3.63, 3.8) is 0 Å². The number of rotatable bonds is 6. The summed E-state index contributed by atoms with van der Waals surface area (Å²) in [7, 11) is 0. The summed E-state index contributed by atoms with van der Waals surface area (Å²) >= 11 is 11.7. The number of halogens is 2. The molecule has 1 aliphatic carbocycles. The predicted octanol–water partition coefficient (Wildman–Crippen LogP) is 1.09. The molecule has 2 fully saturated rings. The molecule has 0 radical (unpaired) electrons. The molecule has 2 aliphatic rings. The maximum absolute atomic E-state index is 11.4. The first-order valence-corrected chi connectivity index (χ1v) is 9.10. The fourth-order valence-electron chi connectivity index (χ4n) is 3.72. The van der Waals surface area contributed by atoms with Gasteiger partial charge in [-0.1, -0.05) is 11.6 Å². The topological polar surface area (TPSA) is 143 Å². The third-order valence-corrected chi connectivity index (χ3v) is 5.12. The summed E-state index contributed by atoms with van der Waals surface area (Å²) in [5.74, 6) is -1.25. The predicted molar refractivity (Wildman–Crippen MR) is 94.5 cm³/mol. The number of aliphatic hydroxyl groups excluding tert-OH is 1. The van der Waals surface area contributed by atoms with Gasteiger partial charge in [-0.3, -0.25) is 10.1 Å². The van der Waals surface area contributed by atoms with Gasteiger partial charge in [0.25, 0.3) is 0 Å². The van der Waals surface area contributed by atoms with Gasteiger partial charge in [-0.2, -0.15) is 4.98 Å². The van der Waals surface area contributed by atoms with Gasteiger partial charge in [-0.15, -0.1) is 0 Å². The molecule has 3 rings (SSSR count). The summed E-state index contributed by atoms with van der Waals surface area (Å²) in [6, 6.07) is -0.535. The summed E-state index contributed by atoms with van der Waals surface area (Å²) in [5.41, 5.74) is 6.01. The van der Waals surface area contributed by atoms with E-state index in [1.54, 1.807) is 13.8 Å². The minimum absolute atomic E-state index is 0.0577. The van der Waals surface area contributed by atoms with E-state index >= 15 is 0 Å². The van der Waals surface area contributed by atoms with Gasteiger partial charge >= 0.3 is 5.69 Å². The minimum Gasteiger partial charge on any atom is -0.394 e. The normalized spacial score (nSPS) is 31.9. The highest BCUT2D eigenvalue weighted by Crippen LogP contribution is 2.44. The van der Waals surface area contributed by atoms with Crippen LogP contribution in [0.25, 0.3) is 0 Å². The van der Waals surface area contributed by atoms with Crippen molar-refractivity contribution in [3.05, 3.63) is 26.2 Å². The van der Waals surface area contributed by atoms with Crippen LogP contribution >= 0.6 is 23.2 Å². The lowest BCUT2D eigenvalue weighted by Crippen LogP contribution is -2.41. The maximum atomic E-state index is 11.4. The Hall–Kier alpha value is -1.14. The maximum Gasteiger partial charge on any atom is 0.327 e. The van der Waals surface area contributed by atoms with Crippen molar-refractivity contribution >= 4 is 28.9 Å². The van der Waals surface area contributed by atoms with Gasteiger partial charge in [-0.25, -0.2) is 4.98 Å². The number of nitrogens with two attached hydrogens (primary N) is 1. The standard InChI is InChI=1S/C15H20Cl2N4O6/c1-15(2)26-11-8(18)6(10(12(11)27-15)25-4-3-22)5-7-9(21(23)24)13(16)20-14(17)19-7/h6,8,10-12,22H,3-5,18H2,1-2H3/t6?,8-,10+,11+,12-/m1/s1. The van der Waals surface area contributed by atoms with E-state index < -0.39 is 46.7 Å². The fourth-order valence-corrected chi connectivity index (χ4v) is 4.21. The zero-order chi connectivity index (χ0) is 19.9. The number of nitrogens with zero attached hydrogens (tertiary/aromatic N) is 3. The van der Waals surface area contributed by atoms with Crippen molar-refractivity contribution in [1.29, 1.82) is 0 Å². The third kappa shape index (κ3) is 4.02. The van der Waals surface area contributed by atoms with Crippen molar-refractivity contribution < 1.29 is 24.2 Å². The Morgan fingerprint density at radius 2 is 2.00 bits per heavy atom. The average Bonchev–Trinajstić information content (AvgIpc) is 2.97. The van der Waals surface area contributed by atoms with Gasteiger partial charge in [0.1, 0.15) is 17.9 Å². The molecular weight excluding hydrogens is 403 g/mol. The van der Waals surface area contributed by atoms with Gasteiger partial charge in [0.15, 0.2) is 5.79 Å². The molecule has 1 saturated carbocycles. The second kappa shape index (κ2) is 7.70. The molecule has 12 heteroatoms. The van der Waals surface area contributed by atoms with E-state index in [4.69, 9.17) is 48.3 Å². The van der Waals surface area contributed by atoms with Crippen LogP contribution in [0.3, 0.4) is 0 Å². The first-order chi connectivity index (χ1) is 12.6. The Balaban J connectivity index is 1.93. The zero-order valence-electron chi connectivity index (χ0n) is 14.7. The number of ether oxygens (including phenoxy) is 3. The molecule has 1 aromatic heterocycles. The van der Waals surface area contributed by atoms with E-state index in [9.17, 15) is 10.1 Å². The SMILES string of the molecule is CC1(C)O[C@@H]2[C@H](O1)[C@@H](OCCO)C(Cc1nc(Cl)nc(Cl)c1[N+](=O)[O-])[C@H]2N. The summed E-state index contributed by atoms with van der Waals surface area (Å²) in [6.45, 7) is 3.41. The molecule has 1 aliphatic heterocycles. The molecule has 150 valence electrons. The molecule has 3 N–H and O–H groups in total. The highest BCUT2D eigenvalue weighted by Gasteiger charge is 2.58. The Labute approximate surface area is 165 Å². The summed E-state index contributed by atoms with van der Waals surface area (Å²) < 4.78 is 17.6. The summed E-state index contributed by atoms with van der Waals surface area (Å²) in [5, 5.41) is 20.0. The third-order valence-electron chi connectivity index (χ3n) is 4.68. The molecule has 0 spiro atoms. The molecule has 1 aromatic rings. The Bertz CT molecular complexity index is 737. The average molecular weight is 423 g/mol. The Morgan fingerprint density at radius 1 is 1.33 bits per heavy atom. The number of hydrogen-bond donors (Lipinski definition) is 2. The van der Waals surface area contributed by atoms with Crippen molar-refractivity contribution in [3.8, 4) is 0 Å². The monoisotopic (exact) mass is 422 g/mol. The van der Waals surface area contributed by atoms with Crippen molar-refractivity contribution in [2.24, 2.45) is 11.7 Å². The first kappa shape index (κ1) is 20.6. The fraction of sp³-hybridized carbons (Fsp3) is 0.733. The Morgan fingerprint density at radius 3 is 2.63 bits per heavy atom. The molecule has 1 unspecified atom stereocenters. The van der Waals surface area contributed by atoms with Crippen LogP contribution in [0.4, 0.5) is 5.69 Å². The number of hydrogen-bond acceptors (Lipinski definition) is 9. The lowest BCUT2D eigenvalue weighted by molar-refractivity contribution is -0.386. The van der Waals surface area contributed by atoms with Crippen LogP contribution in [-0.2, 0) is 20.6 Å². The Kier molecular flexibility index (Phi) is 5.88. The van der Waals surface area contributed by atoms with Gasteiger partial charge in [0, 0.05) is 18.4 Å². The molecule has 27 heavy (non-hydrogen) atoms. The quantitative estimate of drug-likeness (QED) is 0.297. The first-order valence-electron chi connectivity index (χ1n) is 8.34. The molecule has 1 saturated heterocycles. The van der Waals surface area contributed by atoms with Gasteiger partial charge < -0.3 is 25.1 Å². The van der Waals surface area contributed by atoms with Crippen LogP contribution < -0.4 is 5.73 Å². The molecule has 0 bridgehead atoms. The van der Waals surface area contributed by atoms with Crippen molar-refractivity contribution in [2.75, 3.05) is 13.2 Å². The van der Waals surface area contributed by atoms with E-state index in [0.717, 1.165) is 0 Å². The second-order valence-electron chi connectivity index (χ2n) is 6.90. The van der Waals surface area contributed by atoms with Crippen LogP contribution in [0.2, 0.25) is 10.4 Å². The van der Waals surface area contributed by atoms with Gasteiger partial charge in [-0.05, 0) is 25.4 Å². The number of nitro groups is 1. The van der Waals surface area contributed by atoms with E-state index in [2.05, 4.69) is 9.97 Å². The lowest BCUT2D eigenvalue weighted by Gasteiger charge is -2.28. The second-order valence-corrected chi connectivity index (χ2v) is 7.60. The van der Waals surface area contributed by atoms with Crippen LogP contribution in [0.5, 0.6) is 0 Å². The zero-order valence-corrected chi connectivity index (χ0v) is 16.2. The van der Waals surface area contributed by atoms with E-state index in [1.807, 2.05) is 0 Å². The van der Waals surface area contributed by atoms with Crippen molar-refractivity contribution in [2.45, 2.75) is 50.4 Å². The number of fused-ring (bicyclic) bond motifs is 1. The van der Waals surface area contributed by atoms with Crippen LogP contribution in [0.15, 0.2) is 0 Å². The van der Waals surface area contributed by atoms with Gasteiger partial charge in [0.05, 0.1) is 24.2 Å². The van der Waals surface area contributed by atoms with E-state index in [0.29, 0.717) is 0 Å². The minimum atomic E-state index is -0.827. The van der Waals surface area contributed by atoms with Crippen molar-refractivity contribution in [1.82, 2.24) is 9.97 Å². The van der Waals surface area contributed by atoms with Crippen LogP contribution in [0, 0.1) is 16.0 Å². The largest absolute Gasteiger partial charge is 0.394 e. The summed E-state index contributed by atoms with van der Waals surface area (Å²) in [4.78, 5) is 18.3. The molecular formula is C15H20Cl2N4O6. The van der Waals surface area contributed by atoms with Crippen LogP contribution in [-0.4, -0.2) is 63.4 Å². The molecule has 10 nitrogen and oxygen atoms in total. The molecule has 2 heterocycles. The van der Waals surface area contributed by atoms with E-state index in [-0.39, 0.29) is 35.8 Å². The highest BCUT2D eigenvalue weighted by atomic mass is 35.5. The molecule has 0 amide bonds. The lowest BCUT2D eigenvalue weighted by atomic mass is 9.94. The number of aliphatic hydroxyl groups is 1. The summed E-state index contributed by atoms with van der Waals surface area (Å²) in [6.07, 6.45) is -1.42. The molecule has 0 aromatic carbocycles.